The van der Waals surface area contributed by atoms with Crippen molar-refractivity contribution in [3.63, 3.8) is 0 Å². The van der Waals surface area contributed by atoms with Gasteiger partial charge < -0.3 is 10.2 Å². The molecule has 1 aliphatic rings. The zero-order chi connectivity index (χ0) is 19.3. The lowest BCUT2D eigenvalue weighted by Crippen LogP contribution is -2.39. The van der Waals surface area contributed by atoms with Gasteiger partial charge >= 0.3 is 0 Å². The van der Waals surface area contributed by atoms with Crippen molar-refractivity contribution in [1.82, 2.24) is 19.9 Å². The van der Waals surface area contributed by atoms with Crippen LogP contribution in [0.2, 0.25) is 0 Å². The molecule has 1 unspecified atom stereocenters. The molecule has 142 valence electrons. The number of rotatable bonds is 4. The third-order valence-corrected chi connectivity index (χ3v) is 4.80. The van der Waals surface area contributed by atoms with E-state index < -0.39 is 0 Å². The summed E-state index contributed by atoms with van der Waals surface area (Å²) in [5.41, 5.74) is 1.40. The summed E-state index contributed by atoms with van der Waals surface area (Å²) < 4.78 is 13.1. The summed E-state index contributed by atoms with van der Waals surface area (Å²) in [6, 6.07) is 13.2. The third-order valence-electron chi connectivity index (χ3n) is 4.80. The van der Waals surface area contributed by atoms with Gasteiger partial charge in [-0.1, -0.05) is 6.07 Å². The molecule has 1 fully saturated rings. The summed E-state index contributed by atoms with van der Waals surface area (Å²) in [5, 5.41) is 3.10. The van der Waals surface area contributed by atoms with Crippen molar-refractivity contribution in [2.75, 3.05) is 18.4 Å². The van der Waals surface area contributed by atoms with E-state index in [1.54, 1.807) is 12.4 Å². The molecule has 0 bridgehead atoms. The Bertz CT molecular complexity index is 949. The molecule has 3 heterocycles. The van der Waals surface area contributed by atoms with Gasteiger partial charge in [-0.05, 0) is 55.3 Å². The number of hydrogen-bond donors (Lipinski definition) is 1. The second-order valence-corrected chi connectivity index (χ2v) is 6.74. The number of benzene rings is 1. The highest BCUT2D eigenvalue weighted by atomic mass is 19.1. The van der Waals surface area contributed by atoms with Crippen molar-refractivity contribution in [3.05, 3.63) is 78.0 Å². The van der Waals surface area contributed by atoms with Gasteiger partial charge in [-0.2, -0.15) is 0 Å². The van der Waals surface area contributed by atoms with Crippen LogP contribution < -0.4 is 5.32 Å². The van der Waals surface area contributed by atoms with E-state index in [0.29, 0.717) is 30.4 Å². The van der Waals surface area contributed by atoms with Gasteiger partial charge in [-0.15, -0.1) is 0 Å². The SMILES string of the molecule is O=C(c1ccc(F)cc1)N1CCCC(c2ccnc(Nc3ccccn3)n2)C1. The number of anilines is 2. The lowest BCUT2D eigenvalue weighted by Gasteiger charge is -2.32. The average Bonchev–Trinajstić information content (AvgIpc) is 2.75. The van der Waals surface area contributed by atoms with E-state index in [9.17, 15) is 9.18 Å². The van der Waals surface area contributed by atoms with Crippen LogP contribution >= 0.6 is 0 Å². The molecule has 0 saturated carbocycles. The topological polar surface area (TPSA) is 71.0 Å². The summed E-state index contributed by atoms with van der Waals surface area (Å²) in [5.74, 6) is 0.868. The Kier molecular flexibility index (Phi) is 5.23. The number of amides is 1. The average molecular weight is 377 g/mol. The molecule has 1 saturated heterocycles. The number of piperidine rings is 1. The van der Waals surface area contributed by atoms with Crippen LogP contribution in [0.4, 0.5) is 16.2 Å². The number of likely N-dealkylation sites (tertiary alicyclic amines) is 1. The molecular formula is C21H20FN5O. The maximum atomic E-state index is 13.1. The maximum absolute atomic E-state index is 13.1. The molecule has 0 aliphatic carbocycles. The van der Waals surface area contributed by atoms with E-state index in [1.165, 1.54) is 24.3 Å². The fraction of sp³-hybridized carbons (Fsp3) is 0.238. The summed E-state index contributed by atoms with van der Waals surface area (Å²) in [7, 11) is 0. The molecule has 4 rings (SSSR count). The Morgan fingerprint density at radius 1 is 1.07 bits per heavy atom. The Hall–Kier alpha value is -3.35. The lowest BCUT2D eigenvalue weighted by molar-refractivity contribution is 0.0706. The number of carbonyl (C=O) groups excluding carboxylic acids is 1. The molecular weight excluding hydrogens is 357 g/mol. The van der Waals surface area contributed by atoms with Gasteiger partial charge in [0.2, 0.25) is 5.95 Å². The first-order valence-electron chi connectivity index (χ1n) is 9.25. The Labute approximate surface area is 162 Å². The van der Waals surface area contributed by atoms with E-state index in [2.05, 4.69) is 20.3 Å². The van der Waals surface area contributed by atoms with Crippen molar-refractivity contribution >= 4 is 17.7 Å². The highest BCUT2D eigenvalue weighted by molar-refractivity contribution is 5.94. The lowest BCUT2D eigenvalue weighted by atomic mass is 9.94. The number of hydrogen-bond acceptors (Lipinski definition) is 5. The molecule has 7 heteroatoms. The maximum Gasteiger partial charge on any atom is 0.253 e. The molecule has 28 heavy (non-hydrogen) atoms. The van der Waals surface area contributed by atoms with Crippen molar-refractivity contribution in [3.8, 4) is 0 Å². The minimum atomic E-state index is -0.345. The molecule has 2 aromatic heterocycles. The highest BCUT2D eigenvalue weighted by Crippen LogP contribution is 2.27. The molecule has 6 nitrogen and oxygen atoms in total. The largest absolute Gasteiger partial charge is 0.338 e. The number of nitrogens with one attached hydrogen (secondary N) is 1. The number of halogens is 1. The van der Waals surface area contributed by atoms with Crippen LogP contribution in [0.15, 0.2) is 60.9 Å². The van der Waals surface area contributed by atoms with Crippen molar-refractivity contribution in [2.45, 2.75) is 18.8 Å². The van der Waals surface area contributed by atoms with Gasteiger partial charge in [-0.3, -0.25) is 4.79 Å². The van der Waals surface area contributed by atoms with Crippen molar-refractivity contribution in [2.24, 2.45) is 0 Å². The molecule has 1 aliphatic heterocycles. The fourth-order valence-electron chi connectivity index (χ4n) is 3.39. The van der Waals surface area contributed by atoms with Gasteiger partial charge in [0, 0.05) is 37.0 Å². The number of pyridine rings is 1. The number of aromatic nitrogens is 3. The molecule has 3 aromatic rings. The minimum Gasteiger partial charge on any atom is -0.338 e. The van der Waals surface area contributed by atoms with E-state index in [1.807, 2.05) is 29.2 Å². The minimum absolute atomic E-state index is 0.0782. The second kappa shape index (κ2) is 8.12. The molecule has 0 spiro atoms. The Morgan fingerprint density at radius 2 is 1.93 bits per heavy atom. The van der Waals surface area contributed by atoms with Crippen LogP contribution in [-0.4, -0.2) is 38.8 Å². The van der Waals surface area contributed by atoms with Gasteiger partial charge in [0.15, 0.2) is 0 Å². The van der Waals surface area contributed by atoms with E-state index in [-0.39, 0.29) is 17.6 Å². The predicted octanol–water partition coefficient (Wildman–Crippen LogP) is 3.77. The van der Waals surface area contributed by atoms with Crippen LogP contribution in [-0.2, 0) is 0 Å². The summed E-state index contributed by atoms with van der Waals surface area (Å²) in [6.07, 6.45) is 5.26. The van der Waals surface area contributed by atoms with Crippen molar-refractivity contribution in [1.29, 1.82) is 0 Å². The second-order valence-electron chi connectivity index (χ2n) is 6.74. The van der Waals surface area contributed by atoms with Gasteiger partial charge in [0.1, 0.15) is 11.6 Å². The normalized spacial score (nSPS) is 16.6. The quantitative estimate of drug-likeness (QED) is 0.749. The smallest absolute Gasteiger partial charge is 0.253 e. The van der Waals surface area contributed by atoms with Crippen LogP contribution in [0.1, 0.15) is 34.8 Å². The molecule has 0 radical (unpaired) electrons. The van der Waals surface area contributed by atoms with Crippen LogP contribution in [0, 0.1) is 5.82 Å². The molecule has 1 N–H and O–H groups in total. The monoisotopic (exact) mass is 377 g/mol. The standard InChI is InChI=1S/C21H20FN5O/c22-17-8-6-15(7-9-17)20(28)27-13-3-4-16(14-27)18-10-12-24-21(25-18)26-19-5-1-2-11-23-19/h1-2,5-12,16H,3-4,13-14H2,(H,23,24,25,26). The first kappa shape index (κ1) is 18.0. The summed E-state index contributed by atoms with van der Waals surface area (Å²) in [6.45, 7) is 1.27. The fourth-order valence-corrected chi connectivity index (χ4v) is 3.39. The first-order valence-corrected chi connectivity index (χ1v) is 9.25. The zero-order valence-corrected chi connectivity index (χ0v) is 15.3. The zero-order valence-electron chi connectivity index (χ0n) is 15.3. The van der Waals surface area contributed by atoms with Crippen molar-refractivity contribution < 1.29 is 9.18 Å². The van der Waals surface area contributed by atoms with E-state index >= 15 is 0 Å². The summed E-state index contributed by atoms with van der Waals surface area (Å²) >= 11 is 0. The van der Waals surface area contributed by atoms with E-state index in [0.717, 1.165) is 18.5 Å². The molecule has 1 amide bonds. The van der Waals surface area contributed by atoms with Crippen LogP contribution in [0.5, 0.6) is 0 Å². The highest BCUT2D eigenvalue weighted by Gasteiger charge is 2.26. The third kappa shape index (κ3) is 4.14. The molecule has 1 aromatic carbocycles. The Balaban J connectivity index is 1.48. The Morgan fingerprint density at radius 3 is 2.71 bits per heavy atom. The van der Waals surface area contributed by atoms with Gasteiger partial charge in [-0.25, -0.2) is 19.3 Å². The van der Waals surface area contributed by atoms with Crippen LogP contribution in [0.3, 0.4) is 0 Å². The number of carbonyl (C=O) groups is 1. The van der Waals surface area contributed by atoms with E-state index in [4.69, 9.17) is 0 Å². The molecule has 1 atom stereocenters. The predicted molar refractivity (Wildman–Crippen MR) is 104 cm³/mol. The summed E-state index contributed by atoms with van der Waals surface area (Å²) in [4.78, 5) is 27.7. The number of nitrogens with zero attached hydrogens (tertiary/aromatic N) is 4. The van der Waals surface area contributed by atoms with Crippen LogP contribution in [0.25, 0.3) is 0 Å². The first-order chi connectivity index (χ1) is 13.7. The van der Waals surface area contributed by atoms with Gasteiger partial charge in [0.05, 0.1) is 5.69 Å². The van der Waals surface area contributed by atoms with Gasteiger partial charge in [0.25, 0.3) is 5.91 Å².